The number of alkyl halides is 3. The van der Waals surface area contributed by atoms with E-state index in [4.69, 9.17) is 4.74 Å². The zero-order chi connectivity index (χ0) is 27.0. The van der Waals surface area contributed by atoms with Gasteiger partial charge in [0.25, 0.3) is 5.91 Å². The molecule has 1 aliphatic heterocycles. The van der Waals surface area contributed by atoms with Gasteiger partial charge in [-0.1, -0.05) is 13.0 Å². The highest BCUT2D eigenvalue weighted by atomic mass is 19.4. The number of rotatable bonds is 11. The van der Waals surface area contributed by atoms with Crippen molar-refractivity contribution in [3.05, 3.63) is 64.2 Å². The summed E-state index contributed by atoms with van der Waals surface area (Å²) in [5.74, 6) is 0.706. The van der Waals surface area contributed by atoms with E-state index >= 15 is 0 Å². The molecule has 204 valence electrons. The van der Waals surface area contributed by atoms with Crippen LogP contribution in [0.3, 0.4) is 0 Å². The van der Waals surface area contributed by atoms with Crippen LogP contribution < -0.4 is 10.1 Å². The number of carbonyl (C=O) groups excluding carboxylic acids is 1. The van der Waals surface area contributed by atoms with Gasteiger partial charge in [0.15, 0.2) is 0 Å². The summed E-state index contributed by atoms with van der Waals surface area (Å²) in [6.45, 7) is 13.9. The fraction of sp³-hybridized carbons (Fsp3) is 0.552. The van der Waals surface area contributed by atoms with Crippen LogP contribution in [0.1, 0.15) is 71.8 Å². The lowest BCUT2D eigenvalue weighted by molar-refractivity contribution is -0.137. The average Bonchev–Trinajstić information content (AvgIpc) is 2.89. The van der Waals surface area contributed by atoms with Gasteiger partial charge in [-0.25, -0.2) is 0 Å². The minimum atomic E-state index is -4.41. The molecule has 1 amide bonds. The van der Waals surface area contributed by atoms with Crippen molar-refractivity contribution >= 4 is 5.91 Å². The van der Waals surface area contributed by atoms with Crippen molar-refractivity contribution in [3.8, 4) is 5.75 Å². The second-order valence-corrected chi connectivity index (χ2v) is 9.79. The molecule has 5 nitrogen and oxygen atoms in total. The third-order valence-electron chi connectivity index (χ3n) is 7.27. The molecule has 0 spiro atoms. The summed E-state index contributed by atoms with van der Waals surface area (Å²) in [5, 5.41) is 3.41. The van der Waals surface area contributed by atoms with Crippen LogP contribution in [0.25, 0.3) is 0 Å². The number of nitrogens with one attached hydrogen (secondary N) is 1. The van der Waals surface area contributed by atoms with Crippen LogP contribution in [-0.2, 0) is 6.18 Å². The van der Waals surface area contributed by atoms with Gasteiger partial charge in [0.2, 0.25) is 0 Å². The number of amides is 1. The number of hydrogen-bond donors (Lipinski definition) is 1. The Hall–Kier alpha value is -2.58. The summed E-state index contributed by atoms with van der Waals surface area (Å²) in [5.41, 5.74) is 3.16. The van der Waals surface area contributed by atoms with Crippen LogP contribution >= 0.6 is 0 Å². The molecule has 8 heteroatoms. The van der Waals surface area contributed by atoms with E-state index in [9.17, 15) is 18.0 Å². The minimum absolute atomic E-state index is 0.181. The maximum absolute atomic E-state index is 12.8. The maximum atomic E-state index is 12.8. The van der Waals surface area contributed by atoms with Crippen molar-refractivity contribution in [1.82, 2.24) is 15.1 Å². The molecule has 1 atom stereocenters. The third-order valence-corrected chi connectivity index (χ3v) is 7.27. The number of ether oxygens (including phenoxy) is 1. The van der Waals surface area contributed by atoms with Crippen LogP contribution in [0.5, 0.6) is 5.75 Å². The van der Waals surface area contributed by atoms with Crippen LogP contribution in [0.4, 0.5) is 13.2 Å². The Morgan fingerprint density at radius 2 is 1.65 bits per heavy atom. The highest BCUT2D eigenvalue weighted by Gasteiger charge is 2.31. The molecule has 2 aromatic rings. The van der Waals surface area contributed by atoms with E-state index in [1.54, 1.807) is 4.90 Å². The average molecular weight is 520 g/mol. The Labute approximate surface area is 219 Å². The Kier molecular flexibility index (Phi) is 10.4. The molecule has 1 heterocycles. The fourth-order valence-corrected chi connectivity index (χ4v) is 4.76. The van der Waals surface area contributed by atoms with Gasteiger partial charge in [0.05, 0.1) is 12.2 Å². The second-order valence-electron chi connectivity index (χ2n) is 9.79. The summed E-state index contributed by atoms with van der Waals surface area (Å²) in [7, 11) is 0. The molecule has 1 aliphatic rings. The van der Waals surface area contributed by atoms with Gasteiger partial charge >= 0.3 is 6.18 Å². The molecule has 1 fully saturated rings. The van der Waals surface area contributed by atoms with Gasteiger partial charge in [-0.05, 0) is 100 Å². The van der Waals surface area contributed by atoms with Crippen LogP contribution in [0.15, 0.2) is 36.4 Å². The van der Waals surface area contributed by atoms with Gasteiger partial charge in [-0.15, -0.1) is 0 Å². The molecule has 1 unspecified atom stereocenters. The molecule has 2 aromatic carbocycles. The predicted molar refractivity (Wildman–Crippen MR) is 141 cm³/mol. The van der Waals surface area contributed by atoms with E-state index in [2.05, 4.69) is 50.0 Å². The number of hydrogen-bond acceptors (Lipinski definition) is 4. The van der Waals surface area contributed by atoms with Crippen molar-refractivity contribution in [1.29, 1.82) is 0 Å². The van der Waals surface area contributed by atoms with E-state index in [0.717, 1.165) is 55.8 Å². The minimum Gasteiger partial charge on any atom is -0.493 e. The summed E-state index contributed by atoms with van der Waals surface area (Å²) >= 11 is 0. The summed E-state index contributed by atoms with van der Waals surface area (Å²) < 4.78 is 44.5. The number of piperazine rings is 1. The lowest BCUT2D eigenvalue weighted by atomic mass is 9.96. The van der Waals surface area contributed by atoms with Crippen LogP contribution in [0.2, 0.25) is 0 Å². The SMILES string of the molecule is CCCNCCCCOc1ccc(C(C)N2CCN(C(=O)c3ccc(C(F)(F)F)cc3)CC2)c(C)c1C. The van der Waals surface area contributed by atoms with Crippen molar-refractivity contribution in [2.24, 2.45) is 0 Å². The molecule has 1 N–H and O–H groups in total. The molecular formula is C29H40F3N3O2. The zero-order valence-corrected chi connectivity index (χ0v) is 22.5. The standard InChI is InChI=1S/C29H40F3N3O2/c1-5-14-33-15-6-7-20-37-27-13-12-26(21(2)22(27)3)23(4)34-16-18-35(19-17-34)28(36)24-8-10-25(11-9-24)29(30,31)32/h8-13,23,33H,5-7,14-20H2,1-4H3. The number of benzene rings is 2. The second kappa shape index (κ2) is 13.3. The molecule has 3 rings (SSSR count). The van der Waals surface area contributed by atoms with Gasteiger partial charge in [0.1, 0.15) is 5.75 Å². The van der Waals surface area contributed by atoms with Gasteiger partial charge in [-0.2, -0.15) is 13.2 Å². The molecule has 37 heavy (non-hydrogen) atoms. The van der Waals surface area contributed by atoms with Crippen molar-refractivity contribution in [3.63, 3.8) is 0 Å². The number of carbonyl (C=O) groups is 1. The smallest absolute Gasteiger partial charge is 0.416 e. The van der Waals surface area contributed by atoms with E-state index in [0.29, 0.717) is 32.8 Å². The Balaban J connectivity index is 1.52. The highest BCUT2D eigenvalue weighted by molar-refractivity contribution is 5.94. The Bertz CT molecular complexity index is 1020. The molecule has 0 aliphatic carbocycles. The van der Waals surface area contributed by atoms with Crippen LogP contribution in [0, 0.1) is 13.8 Å². The number of unbranched alkanes of at least 4 members (excludes halogenated alkanes) is 1. The lowest BCUT2D eigenvalue weighted by Crippen LogP contribution is -2.49. The zero-order valence-electron chi connectivity index (χ0n) is 22.5. The molecule has 0 radical (unpaired) electrons. The quantitative estimate of drug-likeness (QED) is 0.370. The monoisotopic (exact) mass is 519 g/mol. The summed E-state index contributed by atoms with van der Waals surface area (Å²) in [6.07, 6.45) is -1.14. The van der Waals surface area contributed by atoms with Gasteiger partial charge in [0, 0.05) is 37.8 Å². The van der Waals surface area contributed by atoms with E-state index in [1.807, 2.05) is 0 Å². The van der Waals surface area contributed by atoms with Gasteiger partial charge in [-0.3, -0.25) is 9.69 Å². The van der Waals surface area contributed by atoms with Crippen molar-refractivity contribution in [2.45, 2.75) is 59.2 Å². The number of nitrogens with zero attached hydrogens (tertiary/aromatic N) is 2. The fourth-order valence-electron chi connectivity index (χ4n) is 4.76. The molecule has 0 aromatic heterocycles. The molecule has 1 saturated heterocycles. The molecule has 0 saturated carbocycles. The first kappa shape index (κ1) is 29.0. The van der Waals surface area contributed by atoms with Crippen LogP contribution in [-0.4, -0.2) is 61.6 Å². The molecule has 0 bridgehead atoms. The van der Waals surface area contributed by atoms with E-state index in [1.165, 1.54) is 23.3 Å². The third kappa shape index (κ3) is 7.71. The number of halogens is 3. The van der Waals surface area contributed by atoms with Gasteiger partial charge < -0.3 is 15.0 Å². The Morgan fingerprint density at radius 1 is 0.973 bits per heavy atom. The topological polar surface area (TPSA) is 44.8 Å². The maximum Gasteiger partial charge on any atom is 0.416 e. The predicted octanol–water partition coefficient (Wildman–Crippen LogP) is 6.00. The highest BCUT2D eigenvalue weighted by Crippen LogP contribution is 2.32. The first-order valence-electron chi connectivity index (χ1n) is 13.3. The van der Waals surface area contributed by atoms with Crippen molar-refractivity contribution < 1.29 is 22.7 Å². The van der Waals surface area contributed by atoms with E-state index in [-0.39, 0.29) is 17.5 Å². The van der Waals surface area contributed by atoms with E-state index < -0.39 is 11.7 Å². The largest absolute Gasteiger partial charge is 0.493 e. The first-order chi connectivity index (χ1) is 17.6. The molecular weight excluding hydrogens is 479 g/mol. The normalized spacial score (nSPS) is 15.6. The van der Waals surface area contributed by atoms with Crippen molar-refractivity contribution in [2.75, 3.05) is 45.9 Å². The first-order valence-corrected chi connectivity index (χ1v) is 13.3. The summed E-state index contributed by atoms with van der Waals surface area (Å²) in [4.78, 5) is 16.9. The lowest BCUT2D eigenvalue weighted by Gasteiger charge is -2.39. The summed E-state index contributed by atoms with van der Waals surface area (Å²) in [6, 6.07) is 8.85. The Morgan fingerprint density at radius 3 is 2.27 bits per heavy atom.